The second kappa shape index (κ2) is 5.42. The van der Waals surface area contributed by atoms with Crippen LogP contribution in [-0.2, 0) is 6.18 Å². The van der Waals surface area contributed by atoms with Gasteiger partial charge in [-0.1, -0.05) is 0 Å². The van der Waals surface area contributed by atoms with E-state index >= 15 is 0 Å². The van der Waals surface area contributed by atoms with Gasteiger partial charge in [0.05, 0.1) is 29.3 Å². The summed E-state index contributed by atoms with van der Waals surface area (Å²) < 4.78 is 37.9. The van der Waals surface area contributed by atoms with Crippen molar-refractivity contribution < 1.29 is 13.2 Å². The molecule has 0 bridgehead atoms. The van der Waals surface area contributed by atoms with Crippen molar-refractivity contribution in [3.8, 4) is 12.1 Å². The smallest absolute Gasteiger partial charge is 0.366 e. The molecule has 0 atom stereocenters. The molecule has 0 aromatic heterocycles. The van der Waals surface area contributed by atoms with Crippen molar-refractivity contribution in [3.63, 3.8) is 0 Å². The average Bonchev–Trinajstić information content (AvgIpc) is 3.22. The summed E-state index contributed by atoms with van der Waals surface area (Å²) in [6, 6.07) is 7.26. The summed E-state index contributed by atoms with van der Waals surface area (Å²) in [4.78, 5) is 1.86. The predicted molar refractivity (Wildman–Crippen MR) is 66.8 cm³/mol. The highest BCUT2D eigenvalue weighted by atomic mass is 19.4. The lowest BCUT2D eigenvalue weighted by molar-refractivity contribution is -0.137. The molecule has 1 saturated carbocycles. The number of nitriles is 2. The molecule has 0 saturated heterocycles. The number of rotatable bonds is 4. The predicted octanol–water partition coefficient (Wildman–Crippen LogP) is 3.46. The number of hydrogen-bond acceptors (Lipinski definition) is 3. The summed E-state index contributed by atoms with van der Waals surface area (Å²) in [5.41, 5.74) is -0.336. The first kappa shape index (κ1) is 14.2. The zero-order valence-corrected chi connectivity index (χ0v) is 10.6. The number of alkyl halides is 3. The van der Waals surface area contributed by atoms with Crippen LogP contribution < -0.4 is 4.90 Å². The largest absolute Gasteiger partial charge is 0.416 e. The number of anilines is 1. The monoisotopic (exact) mass is 279 g/mol. The molecule has 0 aliphatic heterocycles. The zero-order chi connectivity index (χ0) is 14.8. The van der Waals surface area contributed by atoms with Crippen molar-refractivity contribution in [2.45, 2.75) is 31.5 Å². The van der Waals surface area contributed by atoms with E-state index in [2.05, 4.69) is 0 Å². The number of halogens is 3. The van der Waals surface area contributed by atoms with Gasteiger partial charge in [-0.3, -0.25) is 0 Å². The Hall–Kier alpha value is -2.21. The normalized spacial score (nSPS) is 14.4. The number of nitrogens with zero attached hydrogens (tertiary/aromatic N) is 3. The molecule has 1 fully saturated rings. The lowest BCUT2D eigenvalue weighted by atomic mass is 10.1. The molecule has 1 aromatic carbocycles. The van der Waals surface area contributed by atoms with E-state index in [1.165, 1.54) is 6.07 Å². The Morgan fingerprint density at radius 2 is 1.95 bits per heavy atom. The molecule has 1 aliphatic rings. The van der Waals surface area contributed by atoms with Crippen LogP contribution in [0.2, 0.25) is 0 Å². The van der Waals surface area contributed by atoms with Crippen molar-refractivity contribution in [2.24, 2.45) is 0 Å². The van der Waals surface area contributed by atoms with Gasteiger partial charge in [0.15, 0.2) is 0 Å². The van der Waals surface area contributed by atoms with Crippen molar-refractivity contribution in [3.05, 3.63) is 29.3 Å². The second-order valence-electron chi connectivity index (χ2n) is 4.67. The highest BCUT2D eigenvalue weighted by Gasteiger charge is 2.34. The minimum atomic E-state index is -4.46. The molecule has 104 valence electrons. The highest BCUT2D eigenvalue weighted by Crippen LogP contribution is 2.36. The van der Waals surface area contributed by atoms with Crippen LogP contribution in [0.25, 0.3) is 0 Å². The van der Waals surface area contributed by atoms with Gasteiger partial charge in [-0.25, -0.2) is 0 Å². The topological polar surface area (TPSA) is 50.8 Å². The fraction of sp³-hybridized carbons (Fsp3) is 0.429. The maximum Gasteiger partial charge on any atom is 0.416 e. The van der Waals surface area contributed by atoms with E-state index in [4.69, 9.17) is 10.5 Å². The molecule has 0 unspecified atom stereocenters. The fourth-order valence-electron chi connectivity index (χ4n) is 2.11. The Morgan fingerprint density at radius 1 is 1.25 bits per heavy atom. The van der Waals surface area contributed by atoms with E-state index in [1.807, 2.05) is 17.0 Å². The standard InChI is InChI=1S/C14H12F3N3/c15-14(16,17)11-2-5-13(10(8-11)9-19)20(7-1-6-18)12-3-4-12/h2,5,8,12H,1,3-4,7H2. The molecule has 20 heavy (non-hydrogen) atoms. The van der Waals surface area contributed by atoms with Crippen molar-refractivity contribution >= 4 is 5.69 Å². The third-order valence-corrected chi connectivity index (χ3v) is 3.21. The summed E-state index contributed by atoms with van der Waals surface area (Å²) in [7, 11) is 0. The van der Waals surface area contributed by atoms with E-state index in [0.717, 1.165) is 25.0 Å². The van der Waals surface area contributed by atoms with Crippen LogP contribution in [0, 0.1) is 22.7 Å². The maximum atomic E-state index is 12.6. The Labute approximate surface area is 114 Å². The third kappa shape index (κ3) is 3.03. The fourth-order valence-corrected chi connectivity index (χ4v) is 2.11. The van der Waals surface area contributed by atoms with Crippen LogP contribution in [0.3, 0.4) is 0 Å². The summed E-state index contributed by atoms with van der Waals surface area (Å²) in [6.07, 6.45) is -2.29. The molecule has 6 heteroatoms. The van der Waals surface area contributed by atoms with E-state index in [-0.39, 0.29) is 18.0 Å². The van der Waals surface area contributed by atoms with Crippen LogP contribution in [0.1, 0.15) is 30.4 Å². The molecular formula is C14H12F3N3. The highest BCUT2D eigenvalue weighted by molar-refractivity contribution is 5.62. The molecule has 0 N–H and O–H groups in total. The van der Waals surface area contributed by atoms with E-state index in [9.17, 15) is 13.2 Å². The van der Waals surface area contributed by atoms with Gasteiger partial charge in [0.25, 0.3) is 0 Å². The van der Waals surface area contributed by atoms with Gasteiger partial charge in [-0.2, -0.15) is 23.7 Å². The summed E-state index contributed by atoms with van der Waals surface area (Å²) in [5.74, 6) is 0. The molecule has 0 spiro atoms. The van der Waals surface area contributed by atoms with E-state index < -0.39 is 11.7 Å². The van der Waals surface area contributed by atoms with Crippen LogP contribution >= 0.6 is 0 Å². The Bertz CT molecular complexity index is 577. The van der Waals surface area contributed by atoms with Crippen LogP contribution in [-0.4, -0.2) is 12.6 Å². The SMILES string of the molecule is N#CCCN(c1ccc(C(F)(F)F)cc1C#N)C1CC1. The van der Waals surface area contributed by atoms with Gasteiger partial charge in [-0.15, -0.1) is 0 Å². The van der Waals surface area contributed by atoms with Gasteiger partial charge in [0.1, 0.15) is 6.07 Å². The minimum absolute atomic E-state index is 0.00432. The second-order valence-corrected chi connectivity index (χ2v) is 4.67. The van der Waals surface area contributed by atoms with Gasteiger partial charge in [0.2, 0.25) is 0 Å². The molecular weight excluding hydrogens is 267 g/mol. The quantitative estimate of drug-likeness (QED) is 0.848. The first-order valence-electron chi connectivity index (χ1n) is 6.22. The maximum absolute atomic E-state index is 12.6. The van der Waals surface area contributed by atoms with Crippen molar-refractivity contribution in [1.29, 1.82) is 10.5 Å². The van der Waals surface area contributed by atoms with Crippen LogP contribution in [0.15, 0.2) is 18.2 Å². The first-order valence-corrected chi connectivity index (χ1v) is 6.22. The van der Waals surface area contributed by atoms with Gasteiger partial charge in [0, 0.05) is 12.6 Å². The lowest BCUT2D eigenvalue weighted by Crippen LogP contribution is -2.27. The molecule has 0 amide bonds. The molecule has 0 radical (unpaired) electrons. The van der Waals surface area contributed by atoms with Gasteiger partial charge >= 0.3 is 6.18 Å². The van der Waals surface area contributed by atoms with Gasteiger partial charge < -0.3 is 4.90 Å². The number of hydrogen-bond donors (Lipinski definition) is 0. The van der Waals surface area contributed by atoms with Crippen molar-refractivity contribution in [1.82, 2.24) is 0 Å². The molecule has 1 aromatic rings. The Balaban J connectivity index is 2.35. The number of benzene rings is 1. The molecule has 0 heterocycles. The summed E-state index contributed by atoms with van der Waals surface area (Å²) >= 11 is 0. The molecule has 1 aliphatic carbocycles. The summed E-state index contributed by atoms with van der Waals surface area (Å²) in [5, 5.41) is 17.7. The molecule has 3 nitrogen and oxygen atoms in total. The minimum Gasteiger partial charge on any atom is -0.366 e. The van der Waals surface area contributed by atoms with Crippen molar-refractivity contribution in [2.75, 3.05) is 11.4 Å². The van der Waals surface area contributed by atoms with Crippen LogP contribution in [0.4, 0.5) is 18.9 Å². The average molecular weight is 279 g/mol. The van der Waals surface area contributed by atoms with E-state index in [1.54, 1.807) is 0 Å². The molecule has 2 rings (SSSR count). The zero-order valence-electron chi connectivity index (χ0n) is 10.6. The van der Waals surface area contributed by atoms with E-state index in [0.29, 0.717) is 12.2 Å². The Morgan fingerprint density at radius 3 is 2.45 bits per heavy atom. The van der Waals surface area contributed by atoms with Crippen LogP contribution in [0.5, 0.6) is 0 Å². The Kier molecular flexibility index (Phi) is 3.85. The van der Waals surface area contributed by atoms with Gasteiger partial charge in [-0.05, 0) is 31.0 Å². The third-order valence-electron chi connectivity index (χ3n) is 3.21. The first-order chi connectivity index (χ1) is 9.47. The summed E-state index contributed by atoms with van der Waals surface area (Å²) in [6.45, 7) is 0.432. The lowest BCUT2D eigenvalue weighted by Gasteiger charge is -2.25.